The van der Waals surface area contributed by atoms with Crippen LogP contribution in [0.15, 0.2) is 35.1 Å². The summed E-state index contributed by atoms with van der Waals surface area (Å²) in [6, 6.07) is 9.14. The largest absolute Gasteiger partial charge is 0.444 e. The zero-order valence-electron chi connectivity index (χ0n) is 13.5. The summed E-state index contributed by atoms with van der Waals surface area (Å²) in [5.74, 6) is 0. The van der Waals surface area contributed by atoms with Crippen molar-refractivity contribution in [3.8, 4) is 11.3 Å². The highest BCUT2D eigenvalue weighted by molar-refractivity contribution is 5.67. The number of carbonyl (C=O) groups is 1. The lowest BCUT2D eigenvalue weighted by molar-refractivity contribution is 0.0530. The number of anilines is 1. The second-order valence-electron chi connectivity index (χ2n) is 6.11. The van der Waals surface area contributed by atoms with Crippen LogP contribution in [0.2, 0.25) is 0 Å². The first-order chi connectivity index (χ1) is 10.8. The van der Waals surface area contributed by atoms with Gasteiger partial charge in [-0.15, -0.1) is 0 Å². The topological polar surface area (TPSA) is 99.0 Å². The van der Waals surface area contributed by atoms with E-state index in [0.29, 0.717) is 13.1 Å². The van der Waals surface area contributed by atoms with Gasteiger partial charge in [-0.2, -0.15) is 0 Å². The molecule has 0 aliphatic heterocycles. The zero-order valence-corrected chi connectivity index (χ0v) is 13.5. The minimum Gasteiger partial charge on any atom is -0.444 e. The van der Waals surface area contributed by atoms with Crippen molar-refractivity contribution in [2.24, 2.45) is 0 Å². The lowest BCUT2D eigenvalue weighted by Crippen LogP contribution is -2.34. The first-order valence-corrected chi connectivity index (χ1v) is 7.42. The van der Waals surface area contributed by atoms with Crippen LogP contribution >= 0.6 is 0 Å². The molecule has 0 radical (unpaired) electrons. The molecule has 0 aliphatic carbocycles. The molecule has 0 atom stereocenters. The fraction of sp³-hybridized carbons (Fsp3) is 0.375. The predicted molar refractivity (Wildman–Crippen MR) is 89.6 cm³/mol. The number of alkyl carbamates (subject to hydrolysis) is 1. The average Bonchev–Trinajstić information content (AvgIpc) is 2.89. The Hall–Kier alpha value is -2.70. The van der Waals surface area contributed by atoms with Crippen molar-refractivity contribution >= 4 is 11.8 Å². The van der Waals surface area contributed by atoms with Gasteiger partial charge in [0.25, 0.3) is 5.56 Å². The lowest BCUT2D eigenvalue weighted by atomic mass is 10.1. The first kappa shape index (κ1) is 16.7. The molecule has 7 nitrogen and oxygen atoms in total. The SMILES string of the molecule is CC(C)(C)OC(=O)NCCNc1ccc(-c2cc(=O)[nH][nH]2)cc1. The molecule has 1 aromatic carbocycles. The molecule has 2 aromatic rings. The smallest absolute Gasteiger partial charge is 0.407 e. The molecule has 7 heteroatoms. The number of rotatable bonds is 5. The van der Waals surface area contributed by atoms with Gasteiger partial charge in [-0.25, -0.2) is 4.79 Å². The Labute approximate surface area is 134 Å². The van der Waals surface area contributed by atoms with E-state index in [-0.39, 0.29) is 5.56 Å². The van der Waals surface area contributed by atoms with Crippen LogP contribution in [-0.4, -0.2) is 35.0 Å². The summed E-state index contributed by atoms with van der Waals surface area (Å²) in [6.45, 7) is 6.51. The van der Waals surface area contributed by atoms with Gasteiger partial charge in [-0.05, 0) is 38.5 Å². The maximum Gasteiger partial charge on any atom is 0.407 e. The normalized spacial score (nSPS) is 11.1. The Morgan fingerprint density at radius 1 is 1.13 bits per heavy atom. The first-order valence-electron chi connectivity index (χ1n) is 7.42. The van der Waals surface area contributed by atoms with Gasteiger partial charge in [-0.3, -0.25) is 15.0 Å². The summed E-state index contributed by atoms with van der Waals surface area (Å²) >= 11 is 0. The molecule has 0 fully saturated rings. The predicted octanol–water partition coefficient (Wildman–Crippen LogP) is 2.31. The third-order valence-corrected chi connectivity index (χ3v) is 2.91. The number of aromatic nitrogens is 2. The van der Waals surface area contributed by atoms with E-state index in [9.17, 15) is 9.59 Å². The van der Waals surface area contributed by atoms with Crippen LogP contribution in [0.3, 0.4) is 0 Å². The van der Waals surface area contributed by atoms with Crippen molar-refractivity contribution < 1.29 is 9.53 Å². The fourth-order valence-electron chi connectivity index (χ4n) is 1.94. The molecule has 0 saturated carbocycles. The van der Waals surface area contributed by atoms with E-state index < -0.39 is 11.7 Å². The molecule has 0 unspecified atom stereocenters. The van der Waals surface area contributed by atoms with Gasteiger partial charge < -0.3 is 15.4 Å². The number of nitrogens with one attached hydrogen (secondary N) is 4. The van der Waals surface area contributed by atoms with E-state index in [1.165, 1.54) is 6.07 Å². The molecule has 0 bridgehead atoms. The van der Waals surface area contributed by atoms with E-state index >= 15 is 0 Å². The van der Waals surface area contributed by atoms with Crippen molar-refractivity contribution in [1.82, 2.24) is 15.5 Å². The van der Waals surface area contributed by atoms with Gasteiger partial charge in [-0.1, -0.05) is 12.1 Å². The Kier molecular flexibility index (Phi) is 5.10. The highest BCUT2D eigenvalue weighted by atomic mass is 16.6. The van der Waals surface area contributed by atoms with Gasteiger partial charge in [0, 0.05) is 24.8 Å². The van der Waals surface area contributed by atoms with Gasteiger partial charge in [0.2, 0.25) is 0 Å². The van der Waals surface area contributed by atoms with E-state index in [0.717, 1.165) is 16.9 Å². The van der Waals surface area contributed by atoms with Crippen LogP contribution in [0.1, 0.15) is 20.8 Å². The van der Waals surface area contributed by atoms with Gasteiger partial charge in [0.05, 0.1) is 5.69 Å². The summed E-state index contributed by atoms with van der Waals surface area (Å²) < 4.78 is 5.15. The lowest BCUT2D eigenvalue weighted by Gasteiger charge is -2.19. The van der Waals surface area contributed by atoms with Crippen molar-refractivity contribution in [2.75, 3.05) is 18.4 Å². The van der Waals surface area contributed by atoms with Crippen LogP contribution in [0.25, 0.3) is 11.3 Å². The number of hydrogen-bond acceptors (Lipinski definition) is 4. The third-order valence-electron chi connectivity index (χ3n) is 2.91. The highest BCUT2D eigenvalue weighted by Gasteiger charge is 2.15. The zero-order chi connectivity index (χ0) is 16.9. The minimum atomic E-state index is -0.494. The Morgan fingerprint density at radius 3 is 2.39 bits per heavy atom. The van der Waals surface area contributed by atoms with Gasteiger partial charge >= 0.3 is 6.09 Å². The molecule has 1 heterocycles. The van der Waals surface area contributed by atoms with Gasteiger partial charge in [0.15, 0.2) is 0 Å². The molecular formula is C16H22N4O3. The number of aromatic amines is 2. The summed E-state index contributed by atoms with van der Waals surface area (Å²) in [7, 11) is 0. The quantitative estimate of drug-likeness (QED) is 0.636. The molecule has 1 aromatic heterocycles. The monoisotopic (exact) mass is 318 g/mol. The fourth-order valence-corrected chi connectivity index (χ4v) is 1.94. The number of H-pyrrole nitrogens is 2. The Balaban J connectivity index is 1.76. The summed E-state index contributed by atoms with van der Waals surface area (Å²) in [5.41, 5.74) is 1.94. The molecular weight excluding hydrogens is 296 g/mol. The maximum atomic E-state index is 11.5. The van der Waals surface area contributed by atoms with Crippen LogP contribution in [-0.2, 0) is 4.74 Å². The van der Waals surface area contributed by atoms with Crippen LogP contribution in [0.5, 0.6) is 0 Å². The number of hydrogen-bond donors (Lipinski definition) is 4. The van der Waals surface area contributed by atoms with Gasteiger partial charge in [0.1, 0.15) is 5.60 Å². The van der Waals surface area contributed by atoms with Crippen molar-refractivity contribution in [1.29, 1.82) is 0 Å². The van der Waals surface area contributed by atoms with Crippen LogP contribution < -0.4 is 16.2 Å². The van der Waals surface area contributed by atoms with Crippen LogP contribution in [0, 0.1) is 0 Å². The third kappa shape index (κ3) is 5.54. The molecule has 23 heavy (non-hydrogen) atoms. The second-order valence-corrected chi connectivity index (χ2v) is 6.11. The number of ether oxygens (including phenoxy) is 1. The van der Waals surface area contributed by atoms with E-state index in [1.807, 2.05) is 45.0 Å². The van der Waals surface area contributed by atoms with Crippen molar-refractivity contribution in [3.05, 3.63) is 40.7 Å². The summed E-state index contributed by atoms with van der Waals surface area (Å²) in [5, 5.41) is 11.2. The van der Waals surface area contributed by atoms with E-state index in [1.54, 1.807) is 0 Å². The summed E-state index contributed by atoms with van der Waals surface area (Å²) in [4.78, 5) is 22.6. The molecule has 0 saturated heterocycles. The van der Waals surface area contributed by atoms with Crippen LogP contribution in [0.4, 0.5) is 10.5 Å². The Morgan fingerprint density at radius 2 is 1.83 bits per heavy atom. The minimum absolute atomic E-state index is 0.157. The number of benzene rings is 1. The molecule has 4 N–H and O–H groups in total. The second kappa shape index (κ2) is 7.04. The maximum absolute atomic E-state index is 11.5. The van der Waals surface area contributed by atoms with Crippen molar-refractivity contribution in [2.45, 2.75) is 26.4 Å². The number of carbonyl (C=O) groups excluding carboxylic acids is 1. The van der Waals surface area contributed by atoms with E-state index in [4.69, 9.17) is 4.74 Å². The Bertz CT molecular complexity index is 695. The standard InChI is InChI=1S/C16H22N4O3/c1-16(2,3)23-15(22)18-9-8-17-12-6-4-11(5-7-12)13-10-14(21)20-19-13/h4-7,10,17H,8-9H2,1-3H3,(H,18,22)(H2,19,20,21). The molecule has 0 aliphatic rings. The summed E-state index contributed by atoms with van der Waals surface area (Å²) in [6.07, 6.45) is -0.425. The number of amides is 1. The molecule has 0 spiro atoms. The molecule has 124 valence electrons. The average molecular weight is 318 g/mol. The highest BCUT2D eigenvalue weighted by Crippen LogP contribution is 2.17. The van der Waals surface area contributed by atoms with Crippen molar-refractivity contribution in [3.63, 3.8) is 0 Å². The van der Waals surface area contributed by atoms with E-state index in [2.05, 4.69) is 20.8 Å². The molecule has 2 rings (SSSR count). The molecule has 1 amide bonds.